The number of para-hydroxylation sites is 1. The predicted octanol–water partition coefficient (Wildman–Crippen LogP) is 1.23. The van der Waals surface area contributed by atoms with Gasteiger partial charge in [-0.3, -0.25) is 14.8 Å². The molecule has 0 unspecified atom stereocenters. The minimum absolute atomic E-state index is 0.104. The van der Waals surface area contributed by atoms with E-state index in [0.717, 1.165) is 6.07 Å². The van der Waals surface area contributed by atoms with Crippen LogP contribution in [0.4, 0.5) is 17.1 Å². The summed E-state index contributed by atoms with van der Waals surface area (Å²) < 4.78 is 26.8. The first-order valence-electron chi connectivity index (χ1n) is 5.68. The third-order valence-corrected chi connectivity index (χ3v) is 3.97. The number of sulfonamides is 1. The maximum Gasteiger partial charge on any atom is 0.312 e. The highest BCUT2D eigenvalue weighted by atomic mass is 32.2. The molecule has 0 fully saturated rings. The van der Waals surface area contributed by atoms with Gasteiger partial charge in [0.2, 0.25) is 0 Å². The number of aromatic nitrogens is 2. The lowest BCUT2D eigenvalue weighted by Gasteiger charge is -2.10. The van der Waals surface area contributed by atoms with E-state index >= 15 is 0 Å². The van der Waals surface area contributed by atoms with Crippen molar-refractivity contribution in [3.05, 3.63) is 47.0 Å². The minimum Gasteiger partial charge on any atom is -0.383 e. The SMILES string of the molecule is CNc1cccc(S(=O)(=O)Nc2cncnc2)c1[N+](=O)[O-]. The average Bonchev–Trinajstić information content (AvgIpc) is 2.46. The van der Waals surface area contributed by atoms with Crippen molar-refractivity contribution in [3.8, 4) is 0 Å². The Kier molecular flexibility index (Phi) is 3.98. The summed E-state index contributed by atoms with van der Waals surface area (Å²) in [5, 5.41) is 13.7. The third-order valence-electron chi connectivity index (χ3n) is 2.55. The van der Waals surface area contributed by atoms with Crippen molar-refractivity contribution in [1.29, 1.82) is 0 Å². The van der Waals surface area contributed by atoms with Crippen LogP contribution in [-0.4, -0.2) is 30.4 Å². The van der Waals surface area contributed by atoms with Crippen LogP contribution in [0.3, 0.4) is 0 Å². The van der Waals surface area contributed by atoms with Gasteiger partial charge >= 0.3 is 5.69 Å². The van der Waals surface area contributed by atoms with E-state index in [-0.39, 0.29) is 11.4 Å². The Morgan fingerprint density at radius 2 is 1.90 bits per heavy atom. The van der Waals surface area contributed by atoms with Gasteiger partial charge in [-0.1, -0.05) is 6.07 Å². The molecule has 2 aromatic rings. The zero-order valence-electron chi connectivity index (χ0n) is 10.8. The fraction of sp³-hybridized carbons (Fsp3) is 0.0909. The van der Waals surface area contributed by atoms with E-state index in [1.54, 1.807) is 0 Å². The van der Waals surface area contributed by atoms with Crippen molar-refractivity contribution in [3.63, 3.8) is 0 Å². The van der Waals surface area contributed by atoms with Gasteiger partial charge in [0.1, 0.15) is 12.0 Å². The van der Waals surface area contributed by atoms with Crippen molar-refractivity contribution in [2.45, 2.75) is 4.90 Å². The highest BCUT2D eigenvalue weighted by Crippen LogP contribution is 2.32. The zero-order valence-corrected chi connectivity index (χ0v) is 11.7. The average molecular weight is 309 g/mol. The summed E-state index contributed by atoms with van der Waals surface area (Å²) in [5.41, 5.74) is -0.307. The molecule has 0 aliphatic heterocycles. The molecular formula is C11H11N5O4S. The molecule has 2 N–H and O–H groups in total. The topological polar surface area (TPSA) is 127 Å². The number of benzene rings is 1. The van der Waals surface area contributed by atoms with Crippen molar-refractivity contribution in [2.24, 2.45) is 0 Å². The molecule has 0 aliphatic rings. The molecule has 0 atom stereocenters. The van der Waals surface area contributed by atoms with Crippen molar-refractivity contribution in [1.82, 2.24) is 9.97 Å². The number of nitrogens with one attached hydrogen (secondary N) is 2. The molecule has 0 aliphatic carbocycles. The van der Waals surface area contributed by atoms with Gasteiger partial charge in [-0.25, -0.2) is 18.4 Å². The van der Waals surface area contributed by atoms with Crippen LogP contribution in [0.1, 0.15) is 0 Å². The Morgan fingerprint density at radius 1 is 1.24 bits per heavy atom. The van der Waals surface area contributed by atoms with Gasteiger partial charge in [-0.15, -0.1) is 0 Å². The monoisotopic (exact) mass is 309 g/mol. The molecule has 0 radical (unpaired) electrons. The van der Waals surface area contributed by atoms with Gasteiger partial charge < -0.3 is 5.32 Å². The third kappa shape index (κ3) is 3.05. The van der Waals surface area contributed by atoms with E-state index in [2.05, 4.69) is 20.0 Å². The second kappa shape index (κ2) is 5.71. The van der Waals surface area contributed by atoms with Crippen molar-refractivity contribution < 1.29 is 13.3 Å². The van der Waals surface area contributed by atoms with Crippen LogP contribution in [0.5, 0.6) is 0 Å². The van der Waals surface area contributed by atoms with Crippen molar-refractivity contribution in [2.75, 3.05) is 17.1 Å². The van der Waals surface area contributed by atoms with Crippen LogP contribution in [0.2, 0.25) is 0 Å². The molecule has 2 rings (SSSR count). The summed E-state index contributed by atoms with van der Waals surface area (Å²) >= 11 is 0. The van der Waals surface area contributed by atoms with Crippen LogP contribution in [-0.2, 0) is 10.0 Å². The molecule has 0 amide bonds. The summed E-state index contributed by atoms with van der Waals surface area (Å²) in [4.78, 5) is 17.3. The van der Waals surface area contributed by atoms with Gasteiger partial charge in [0.15, 0.2) is 4.90 Å². The maximum absolute atomic E-state index is 12.3. The normalized spacial score (nSPS) is 10.9. The summed E-state index contributed by atoms with van der Waals surface area (Å²) in [5.74, 6) is 0. The fourth-order valence-corrected chi connectivity index (χ4v) is 2.91. The Balaban J connectivity index is 2.52. The second-order valence-corrected chi connectivity index (χ2v) is 5.54. The number of hydrogen-bond donors (Lipinski definition) is 2. The molecule has 0 saturated carbocycles. The minimum atomic E-state index is -4.13. The van der Waals surface area contributed by atoms with Crippen LogP contribution in [0, 0.1) is 10.1 Å². The predicted molar refractivity (Wildman–Crippen MR) is 75.5 cm³/mol. The lowest BCUT2D eigenvalue weighted by Crippen LogP contribution is -2.15. The number of nitro groups is 1. The molecular weight excluding hydrogens is 298 g/mol. The molecule has 0 spiro atoms. The first-order chi connectivity index (χ1) is 9.95. The largest absolute Gasteiger partial charge is 0.383 e. The standard InChI is InChI=1S/C11H11N5O4S/c1-12-9-3-2-4-10(11(9)16(17)18)21(19,20)15-8-5-13-7-14-6-8/h2-7,12,15H,1H3. The molecule has 110 valence electrons. The van der Waals surface area contributed by atoms with E-state index in [9.17, 15) is 18.5 Å². The fourth-order valence-electron chi connectivity index (χ4n) is 1.69. The van der Waals surface area contributed by atoms with E-state index in [1.807, 2.05) is 0 Å². The molecule has 21 heavy (non-hydrogen) atoms. The number of nitrogens with zero attached hydrogens (tertiary/aromatic N) is 3. The molecule has 9 nitrogen and oxygen atoms in total. The lowest BCUT2D eigenvalue weighted by molar-refractivity contribution is -0.386. The first-order valence-corrected chi connectivity index (χ1v) is 7.17. The summed E-state index contributed by atoms with van der Waals surface area (Å²) in [6, 6.07) is 3.99. The van der Waals surface area contributed by atoms with Gasteiger partial charge in [-0.2, -0.15) is 0 Å². The van der Waals surface area contributed by atoms with Crippen molar-refractivity contribution >= 4 is 27.1 Å². The molecule has 0 saturated heterocycles. The van der Waals surface area contributed by atoms with Crippen LogP contribution >= 0.6 is 0 Å². The smallest absolute Gasteiger partial charge is 0.312 e. The van der Waals surface area contributed by atoms with Crippen LogP contribution < -0.4 is 10.0 Å². The van der Waals surface area contributed by atoms with E-state index in [1.165, 1.54) is 37.9 Å². The summed E-state index contributed by atoms with van der Waals surface area (Å²) in [7, 11) is -2.66. The van der Waals surface area contributed by atoms with Gasteiger partial charge in [0, 0.05) is 7.05 Å². The van der Waals surface area contributed by atoms with Crippen LogP contribution in [0.15, 0.2) is 41.8 Å². The summed E-state index contributed by atoms with van der Waals surface area (Å²) in [6.07, 6.45) is 3.73. The van der Waals surface area contributed by atoms with Crippen LogP contribution in [0.25, 0.3) is 0 Å². The van der Waals surface area contributed by atoms with E-state index in [0.29, 0.717) is 0 Å². The van der Waals surface area contributed by atoms with Gasteiger partial charge in [0.05, 0.1) is 23.0 Å². The van der Waals surface area contributed by atoms with Gasteiger partial charge in [-0.05, 0) is 12.1 Å². The number of anilines is 2. The molecule has 1 heterocycles. The quantitative estimate of drug-likeness (QED) is 0.628. The lowest BCUT2D eigenvalue weighted by atomic mass is 10.3. The summed E-state index contributed by atoms with van der Waals surface area (Å²) in [6.45, 7) is 0. The molecule has 1 aromatic carbocycles. The van der Waals surface area contributed by atoms with Gasteiger partial charge in [0.25, 0.3) is 10.0 Å². The number of hydrogen-bond acceptors (Lipinski definition) is 7. The Morgan fingerprint density at radius 3 is 2.48 bits per heavy atom. The zero-order chi connectivity index (χ0) is 15.5. The number of nitro benzene ring substituents is 1. The van der Waals surface area contributed by atoms with E-state index < -0.39 is 25.5 Å². The second-order valence-electron chi connectivity index (χ2n) is 3.89. The maximum atomic E-state index is 12.3. The Labute approximate surface area is 120 Å². The number of rotatable bonds is 5. The molecule has 0 bridgehead atoms. The molecule has 10 heteroatoms. The van der Waals surface area contributed by atoms with E-state index in [4.69, 9.17) is 0 Å². The highest BCUT2D eigenvalue weighted by Gasteiger charge is 2.28. The first kappa shape index (κ1) is 14.7. The highest BCUT2D eigenvalue weighted by molar-refractivity contribution is 7.92. The molecule has 1 aromatic heterocycles. The Hall–Kier alpha value is -2.75. The Bertz CT molecular complexity index is 763.